The molecule has 0 aliphatic heterocycles. The third-order valence-electron chi connectivity index (χ3n) is 0. The Morgan fingerprint density at radius 3 is 0.833 bits per heavy atom. The van der Waals surface area contributed by atoms with Crippen molar-refractivity contribution in [1.82, 2.24) is 0 Å². The number of alkyl halides is 3. The smallest absolute Gasteiger partial charge is 0.450 e. The molecule has 0 atom stereocenters. The standard InChI is InChI=1S/CHCl3.2CH2O3/c3*2-1(3)4/h1H;2*(H2,2,3,4). The molecule has 6 nitrogen and oxygen atoms in total. The summed E-state index contributed by atoms with van der Waals surface area (Å²) in [6, 6.07) is 0. The normalized spacial score (nSPS) is 7.00. The molecular formula is C3H5Cl3O6. The Kier molecular flexibility index (Phi) is 19.0. The van der Waals surface area contributed by atoms with Crippen LogP contribution in [0.25, 0.3) is 0 Å². The van der Waals surface area contributed by atoms with Gasteiger partial charge in [-0.3, -0.25) is 0 Å². The first-order valence-corrected chi connectivity index (χ1v) is 3.27. The highest BCUT2D eigenvalue weighted by Crippen LogP contribution is 2.03. The Labute approximate surface area is 81.9 Å². The van der Waals surface area contributed by atoms with Crippen LogP contribution < -0.4 is 0 Å². The molecule has 0 rings (SSSR count). The Bertz CT molecular complexity index is 102. The summed E-state index contributed by atoms with van der Waals surface area (Å²) in [4.78, 5) is 17.1. The van der Waals surface area contributed by atoms with Crippen molar-refractivity contribution in [2.45, 2.75) is 4.30 Å². The van der Waals surface area contributed by atoms with E-state index in [4.69, 9.17) is 64.8 Å². The van der Waals surface area contributed by atoms with Crippen LogP contribution in [-0.2, 0) is 0 Å². The summed E-state index contributed by atoms with van der Waals surface area (Å²) < 4.78 is -0.750. The van der Waals surface area contributed by atoms with Crippen molar-refractivity contribution in [3.63, 3.8) is 0 Å². The number of rotatable bonds is 0. The summed E-state index contributed by atoms with van der Waals surface area (Å²) >= 11 is 14.4. The predicted molar refractivity (Wildman–Crippen MR) is 42.7 cm³/mol. The van der Waals surface area contributed by atoms with Crippen molar-refractivity contribution in [3.05, 3.63) is 0 Å². The maximum Gasteiger partial charge on any atom is 0.503 e. The van der Waals surface area contributed by atoms with Crippen LogP contribution in [0, 0.1) is 0 Å². The van der Waals surface area contributed by atoms with Crippen LogP contribution in [0.4, 0.5) is 9.59 Å². The average molecular weight is 243 g/mol. The van der Waals surface area contributed by atoms with Gasteiger partial charge in [-0.2, -0.15) is 0 Å². The second kappa shape index (κ2) is 13.0. The highest BCUT2D eigenvalue weighted by molar-refractivity contribution is 6.63. The molecule has 0 aliphatic carbocycles. The third kappa shape index (κ3) is 1910. The Hall–Kier alpha value is -0.590. The van der Waals surface area contributed by atoms with Gasteiger partial charge in [0.05, 0.1) is 0 Å². The van der Waals surface area contributed by atoms with E-state index in [1.54, 1.807) is 0 Å². The van der Waals surface area contributed by atoms with E-state index >= 15 is 0 Å². The molecule has 4 N–H and O–H groups in total. The lowest BCUT2D eigenvalue weighted by Gasteiger charge is -1.69. The molecule has 0 saturated carbocycles. The van der Waals surface area contributed by atoms with Crippen molar-refractivity contribution in [2.24, 2.45) is 0 Å². The summed E-state index contributed by atoms with van der Waals surface area (Å²) in [6.07, 6.45) is -3.67. The highest BCUT2D eigenvalue weighted by atomic mass is 35.6. The molecule has 74 valence electrons. The minimum absolute atomic E-state index is 0.750. The van der Waals surface area contributed by atoms with E-state index in [-0.39, 0.29) is 0 Å². The zero-order valence-electron chi connectivity index (χ0n) is 5.32. The number of hydrogen-bond donors (Lipinski definition) is 4. The second-order valence-electron chi connectivity index (χ2n) is 0.813. The molecule has 0 aromatic rings. The van der Waals surface area contributed by atoms with E-state index in [0.29, 0.717) is 0 Å². The molecule has 9 heteroatoms. The molecule has 0 bridgehead atoms. The molecule has 0 aliphatic rings. The lowest BCUT2D eigenvalue weighted by atomic mass is 11.5. The first kappa shape index (κ1) is 17.5. The van der Waals surface area contributed by atoms with Crippen LogP contribution in [0.5, 0.6) is 0 Å². The topological polar surface area (TPSA) is 115 Å². The van der Waals surface area contributed by atoms with Crippen molar-refractivity contribution >= 4 is 47.1 Å². The van der Waals surface area contributed by atoms with Crippen molar-refractivity contribution in [3.8, 4) is 0 Å². The van der Waals surface area contributed by atoms with E-state index in [9.17, 15) is 0 Å². The van der Waals surface area contributed by atoms with Crippen molar-refractivity contribution in [2.75, 3.05) is 0 Å². The Balaban J connectivity index is -0.000000101. The van der Waals surface area contributed by atoms with Crippen molar-refractivity contribution < 1.29 is 30.0 Å². The average Bonchev–Trinajstić information content (AvgIpc) is 1.54. The Morgan fingerprint density at radius 2 is 0.833 bits per heavy atom. The lowest BCUT2D eigenvalue weighted by molar-refractivity contribution is 0.135. The maximum atomic E-state index is 8.56. The number of halogens is 3. The van der Waals surface area contributed by atoms with Gasteiger partial charge in [-0.1, -0.05) is 34.8 Å². The van der Waals surface area contributed by atoms with Gasteiger partial charge in [-0.15, -0.1) is 0 Å². The van der Waals surface area contributed by atoms with E-state index in [0.717, 1.165) is 0 Å². The number of carboxylic acid groups (broad SMARTS) is 4. The summed E-state index contributed by atoms with van der Waals surface area (Å²) in [5.74, 6) is 0. The van der Waals surface area contributed by atoms with Gasteiger partial charge < -0.3 is 20.4 Å². The van der Waals surface area contributed by atoms with Crippen LogP contribution in [0.3, 0.4) is 0 Å². The Morgan fingerprint density at radius 1 is 0.833 bits per heavy atom. The monoisotopic (exact) mass is 242 g/mol. The molecular weight excluding hydrogens is 238 g/mol. The molecule has 0 unspecified atom stereocenters. The largest absolute Gasteiger partial charge is 0.503 e. The van der Waals surface area contributed by atoms with E-state index in [1.165, 1.54) is 0 Å². The van der Waals surface area contributed by atoms with Crippen LogP contribution in [0.15, 0.2) is 0 Å². The molecule has 0 fully saturated rings. The molecule has 0 aromatic carbocycles. The molecule has 0 spiro atoms. The first-order valence-electron chi connectivity index (χ1n) is 1.96. The zero-order valence-corrected chi connectivity index (χ0v) is 7.58. The molecule has 0 aromatic heterocycles. The van der Waals surface area contributed by atoms with Gasteiger partial charge >= 0.3 is 12.3 Å². The van der Waals surface area contributed by atoms with Gasteiger partial charge in [-0.05, 0) is 0 Å². The summed E-state index contributed by atoms with van der Waals surface area (Å²) in [7, 11) is 0. The van der Waals surface area contributed by atoms with Gasteiger partial charge in [0.1, 0.15) is 0 Å². The molecule has 12 heavy (non-hydrogen) atoms. The summed E-state index contributed by atoms with van der Waals surface area (Å²) in [6.45, 7) is 0. The van der Waals surface area contributed by atoms with Gasteiger partial charge in [0.2, 0.25) is 0 Å². The molecule has 0 saturated heterocycles. The third-order valence-corrected chi connectivity index (χ3v) is 0. The van der Waals surface area contributed by atoms with Crippen LogP contribution in [0.1, 0.15) is 0 Å². The van der Waals surface area contributed by atoms with Crippen LogP contribution >= 0.6 is 34.8 Å². The molecule has 0 heterocycles. The number of carbonyl (C=O) groups is 2. The van der Waals surface area contributed by atoms with E-state index in [1.807, 2.05) is 0 Å². The van der Waals surface area contributed by atoms with Crippen molar-refractivity contribution in [1.29, 1.82) is 0 Å². The van der Waals surface area contributed by atoms with E-state index in [2.05, 4.69) is 0 Å². The van der Waals surface area contributed by atoms with Crippen LogP contribution in [-0.4, -0.2) is 37.0 Å². The summed E-state index contributed by atoms with van der Waals surface area (Å²) in [5.41, 5.74) is 0. The minimum Gasteiger partial charge on any atom is -0.450 e. The maximum absolute atomic E-state index is 8.56. The molecule has 0 radical (unpaired) electrons. The lowest BCUT2D eigenvalue weighted by Crippen LogP contribution is -1.81. The SMILES string of the molecule is ClC(Cl)Cl.O=C(O)O.O=C(O)O. The number of hydrogen-bond acceptors (Lipinski definition) is 2. The van der Waals surface area contributed by atoms with Crippen LogP contribution in [0.2, 0.25) is 0 Å². The van der Waals surface area contributed by atoms with Gasteiger partial charge in [0.15, 0.2) is 4.30 Å². The second-order valence-corrected chi connectivity index (χ2v) is 2.79. The summed E-state index contributed by atoms with van der Waals surface area (Å²) in [5, 5.41) is 27.9. The minimum atomic E-state index is -1.83. The highest BCUT2D eigenvalue weighted by Gasteiger charge is 1.78. The molecule has 0 amide bonds. The first-order chi connectivity index (χ1) is 5.20. The van der Waals surface area contributed by atoms with E-state index < -0.39 is 16.6 Å². The van der Waals surface area contributed by atoms with Gasteiger partial charge in [0, 0.05) is 0 Å². The quantitative estimate of drug-likeness (QED) is 0.486. The van der Waals surface area contributed by atoms with Gasteiger partial charge in [-0.25, -0.2) is 9.59 Å². The predicted octanol–water partition coefficient (Wildman–Crippen LogP) is 2.43. The fraction of sp³-hybridized carbons (Fsp3) is 0.333. The fourth-order valence-corrected chi connectivity index (χ4v) is 0. The van der Waals surface area contributed by atoms with Gasteiger partial charge in [0.25, 0.3) is 0 Å². The zero-order chi connectivity index (χ0) is 10.7. The fourth-order valence-electron chi connectivity index (χ4n) is 0.